The summed E-state index contributed by atoms with van der Waals surface area (Å²) in [5, 5.41) is 3.67. The van der Waals surface area contributed by atoms with Crippen molar-refractivity contribution < 1.29 is 14.2 Å². The fourth-order valence-corrected chi connectivity index (χ4v) is 4.58. The predicted octanol–water partition coefficient (Wildman–Crippen LogP) is 6.13. The molecular weight excluding hydrogens is 434 g/mol. The van der Waals surface area contributed by atoms with E-state index in [0.29, 0.717) is 13.2 Å². The van der Waals surface area contributed by atoms with Gasteiger partial charge >= 0.3 is 0 Å². The van der Waals surface area contributed by atoms with Crippen LogP contribution in [0, 0.1) is 0 Å². The summed E-state index contributed by atoms with van der Waals surface area (Å²) in [5.41, 5.74) is 6.20. The molecule has 1 aliphatic rings. The molecule has 0 radical (unpaired) electrons. The molecule has 4 aromatic rings. The van der Waals surface area contributed by atoms with Crippen LogP contribution in [0.3, 0.4) is 0 Å². The standard InChI is InChI=1S/C31H31NO3/c1-33-30-21-26(12-15-29(30)34-19-17-23-8-4-2-5-9-23)31-28-14-13-27(20-25(28)16-18-32-31)35-22-24-10-6-3-7-11-24/h2-15,20-21,31-32H,16-19,22H2,1H3. The molecule has 0 aliphatic carbocycles. The first-order valence-electron chi connectivity index (χ1n) is 12.2. The number of hydrogen-bond donors (Lipinski definition) is 1. The van der Waals surface area contributed by atoms with Crippen LogP contribution in [-0.4, -0.2) is 20.3 Å². The first-order valence-corrected chi connectivity index (χ1v) is 12.2. The van der Waals surface area contributed by atoms with Gasteiger partial charge in [0.1, 0.15) is 12.4 Å². The highest BCUT2D eigenvalue weighted by Crippen LogP contribution is 2.36. The quantitative estimate of drug-likeness (QED) is 0.323. The van der Waals surface area contributed by atoms with E-state index < -0.39 is 0 Å². The summed E-state index contributed by atoms with van der Waals surface area (Å²) < 4.78 is 17.8. The Morgan fingerprint density at radius 3 is 2.31 bits per heavy atom. The highest BCUT2D eigenvalue weighted by molar-refractivity contribution is 5.49. The summed E-state index contributed by atoms with van der Waals surface area (Å²) in [5.74, 6) is 2.44. The highest BCUT2D eigenvalue weighted by Gasteiger charge is 2.23. The molecule has 1 unspecified atom stereocenters. The molecule has 1 heterocycles. The molecule has 0 amide bonds. The topological polar surface area (TPSA) is 39.7 Å². The number of benzene rings is 4. The average Bonchev–Trinajstić information content (AvgIpc) is 2.93. The third-order valence-corrected chi connectivity index (χ3v) is 6.43. The fraction of sp³-hybridized carbons (Fsp3) is 0.226. The number of nitrogens with one attached hydrogen (secondary N) is 1. The molecule has 0 saturated heterocycles. The Labute approximate surface area is 207 Å². The minimum absolute atomic E-state index is 0.106. The van der Waals surface area contributed by atoms with E-state index in [-0.39, 0.29) is 6.04 Å². The molecule has 178 valence electrons. The maximum atomic E-state index is 6.06. The normalized spacial score (nSPS) is 14.7. The summed E-state index contributed by atoms with van der Waals surface area (Å²) in [4.78, 5) is 0. The van der Waals surface area contributed by atoms with E-state index in [9.17, 15) is 0 Å². The summed E-state index contributed by atoms with van der Waals surface area (Å²) in [6, 6.07) is 33.4. The Bertz CT molecular complexity index is 1240. The van der Waals surface area contributed by atoms with Crippen LogP contribution in [0.15, 0.2) is 97.1 Å². The zero-order chi connectivity index (χ0) is 23.9. The lowest BCUT2D eigenvalue weighted by Crippen LogP contribution is -2.30. The van der Waals surface area contributed by atoms with Gasteiger partial charge in [0, 0.05) is 13.0 Å². The van der Waals surface area contributed by atoms with Crippen molar-refractivity contribution in [3.05, 3.63) is 125 Å². The van der Waals surface area contributed by atoms with Crippen LogP contribution in [0.5, 0.6) is 17.2 Å². The lowest BCUT2D eigenvalue weighted by molar-refractivity contribution is 0.297. The molecule has 35 heavy (non-hydrogen) atoms. The number of rotatable bonds is 9. The average molecular weight is 466 g/mol. The molecule has 0 aromatic heterocycles. The second-order valence-electron chi connectivity index (χ2n) is 8.77. The van der Waals surface area contributed by atoms with E-state index in [4.69, 9.17) is 14.2 Å². The van der Waals surface area contributed by atoms with Gasteiger partial charge in [-0.25, -0.2) is 0 Å². The van der Waals surface area contributed by atoms with Gasteiger partial charge in [-0.1, -0.05) is 72.8 Å². The van der Waals surface area contributed by atoms with Gasteiger partial charge in [-0.15, -0.1) is 0 Å². The largest absolute Gasteiger partial charge is 0.493 e. The molecule has 0 bridgehead atoms. The van der Waals surface area contributed by atoms with Crippen LogP contribution in [0.1, 0.15) is 33.9 Å². The lowest BCUT2D eigenvalue weighted by Gasteiger charge is -2.28. The van der Waals surface area contributed by atoms with Crippen LogP contribution in [0.25, 0.3) is 0 Å². The molecule has 4 nitrogen and oxygen atoms in total. The molecule has 0 spiro atoms. The Morgan fingerprint density at radius 2 is 1.54 bits per heavy atom. The van der Waals surface area contributed by atoms with Crippen molar-refractivity contribution in [2.24, 2.45) is 0 Å². The van der Waals surface area contributed by atoms with E-state index in [1.165, 1.54) is 22.3 Å². The summed E-state index contributed by atoms with van der Waals surface area (Å²) >= 11 is 0. The van der Waals surface area contributed by atoms with Crippen molar-refractivity contribution in [2.45, 2.75) is 25.5 Å². The van der Waals surface area contributed by atoms with Crippen LogP contribution < -0.4 is 19.5 Å². The van der Waals surface area contributed by atoms with Gasteiger partial charge in [-0.3, -0.25) is 0 Å². The molecule has 5 rings (SSSR count). The van der Waals surface area contributed by atoms with Gasteiger partial charge in [0.2, 0.25) is 0 Å². The van der Waals surface area contributed by atoms with Crippen molar-refractivity contribution in [1.29, 1.82) is 0 Å². The van der Waals surface area contributed by atoms with Gasteiger partial charge in [-0.05, 0) is 58.5 Å². The second-order valence-corrected chi connectivity index (χ2v) is 8.77. The van der Waals surface area contributed by atoms with Crippen LogP contribution in [0.2, 0.25) is 0 Å². The van der Waals surface area contributed by atoms with Crippen LogP contribution in [0.4, 0.5) is 0 Å². The highest BCUT2D eigenvalue weighted by atomic mass is 16.5. The van der Waals surface area contributed by atoms with Crippen molar-refractivity contribution in [3.63, 3.8) is 0 Å². The monoisotopic (exact) mass is 465 g/mol. The molecule has 1 atom stereocenters. The van der Waals surface area contributed by atoms with Crippen LogP contribution >= 0.6 is 0 Å². The number of ether oxygens (including phenoxy) is 3. The van der Waals surface area contributed by atoms with Gasteiger partial charge in [0.05, 0.1) is 19.8 Å². The number of hydrogen-bond acceptors (Lipinski definition) is 4. The van der Waals surface area contributed by atoms with Crippen molar-refractivity contribution in [1.82, 2.24) is 5.32 Å². The SMILES string of the molecule is COc1cc(C2NCCc3cc(OCc4ccccc4)ccc32)ccc1OCCc1ccccc1. The van der Waals surface area contributed by atoms with Crippen molar-refractivity contribution >= 4 is 0 Å². The molecule has 4 heteroatoms. The molecule has 1 N–H and O–H groups in total. The summed E-state index contributed by atoms with van der Waals surface area (Å²) in [6.45, 7) is 2.09. The molecule has 1 aliphatic heterocycles. The van der Waals surface area contributed by atoms with Crippen molar-refractivity contribution in [3.8, 4) is 17.2 Å². The van der Waals surface area contributed by atoms with E-state index >= 15 is 0 Å². The molecule has 4 aromatic carbocycles. The number of methoxy groups -OCH3 is 1. The van der Waals surface area contributed by atoms with Gasteiger partial charge in [0.25, 0.3) is 0 Å². The van der Waals surface area contributed by atoms with E-state index in [1.54, 1.807) is 7.11 Å². The molecular formula is C31H31NO3. The Hall–Kier alpha value is -3.76. The van der Waals surface area contributed by atoms with Gasteiger partial charge < -0.3 is 19.5 Å². The third-order valence-electron chi connectivity index (χ3n) is 6.43. The minimum Gasteiger partial charge on any atom is -0.493 e. The Kier molecular flexibility index (Phi) is 7.30. The van der Waals surface area contributed by atoms with Gasteiger partial charge in [-0.2, -0.15) is 0 Å². The summed E-state index contributed by atoms with van der Waals surface area (Å²) in [7, 11) is 1.70. The Balaban J connectivity index is 1.28. The first kappa shape index (κ1) is 23.0. The fourth-order valence-electron chi connectivity index (χ4n) is 4.58. The van der Waals surface area contributed by atoms with Gasteiger partial charge in [0.15, 0.2) is 11.5 Å². The lowest BCUT2D eigenvalue weighted by atomic mass is 9.89. The second kappa shape index (κ2) is 11.1. The molecule has 0 fully saturated rings. The van der Waals surface area contributed by atoms with E-state index in [0.717, 1.165) is 42.2 Å². The zero-order valence-corrected chi connectivity index (χ0v) is 20.1. The Morgan fingerprint density at radius 1 is 0.771 bits per heavy atom. The van der Waals surface area contributed by atoms with E-state index in [1.807, 2.05) is 30.3 Å². The van der Waals surface area contributed by atoms with E-state index in [2.05, 4.69) is 72.0 Å². The number of fused-ring (bicyclic) bond motifs is 1. The smallest absolute Gasteiger partial charge is 0.161 e. The minimum atomic E-state index is 0.106. The van der Waals surface area contributed by atoms with Crippen molar-refractivity contribution in [2.75, 3.05) is 20.3 Å². The maximum absolute atomic E-state index is 6.06. The molecule has 0 saturated carbocycles. The zero-order valence-electron chi connectivity index (χ0n) is 20.1. The first-order chi connectivity index (χ1) is 17.3. The summed E-state index contributed by atoms with van der Waals surface area (Å²) in [6.07, 6.45) is 1.84. The maximum Gasteiger partial charge on any atom is 0.161 e. The van der Waals surface area contributed by atoms with Crippen LogP contribution in [-0.2, 0) is 19.4 Å². The predicted molar refractivity (Wildman–Crippen MR) is 139 cm³/mol. The third kappa shape index (κ3) is 5.67.